The molecule has 1 aliphatic rings. The van der Waals surface area contributed by atoms with Crippen molar-refractivity contribution in [3.63, 3.8) is 0 Å². The third kappa shape index (κ3) is 3.89. The van der Waals surface area contributed by atoms with Crippen LogP contribution in [-0.4, -0.2) is 46.0 Å². The highest BCUT2D eigenvalue weighted by atomic mass is 127. The molecule has 1 saturated heterocycles. The van der Waals surface area contributed by atoms with Crippen LogP contribution in [0.15, 0.2) is 29.5 Å². The molecule has 6 nitrogen and oxygen atoms in total. The van der Waals surface area contributed by atoms with Crippen molar-refractivity contribution in [2.45, 2.75) is 26.5 Å². The summed E-state index contributed by atoms with van der Waals surface area (Å²) in [4.78, 5) is 11.1. The number of halogens is 1. The van der Waals surface area contributed by atoms with Crippen LogP contribution in [-0.2, 0) is 11.3 Å². The van der Waals surface area contributed by atoms with Gasteiger partial charge in [0.25, 0.3) is 0 Å². The summed E-state index contributed by atoms with van der Waals surface area (Å²) < 4.78 is 7.53. The molecule has 3 heterocycles. The van der Waals surface area contributed by atoms with E-state index in [4.69, 9.17) is 10.5 Å². The zero-order valence-corrected chi connectivity index (χ0v) is 15.2. The van der Waals surface area contributed by atoms with Gasteiger partial charge in [0.1, 0.15) is 5.65 Å². The summed E-state index contributed by atoms with van der Waals surface area (Å²) in [6, 6.07) is 4.06. The fraction of sp³-hybridized carbons (Fsp3) is 0.467. The molecule has 1 atom stereocenters. The molecule has 7 heteroatoms. The van der Waals surface area contributed by atoms with Crippen LogP contribution < -0.4 is 5.73 Å². The number of pyridine rings is 1. The standard InChI is InChI=1S/C15H21N5O.HI/c1-11-3-4-14-18-13(10-20(14)8-11)7-17-15(16)19-5-6-21-12(2)9-19;/h3-4,8,10,12H,5-7,9H2,1-2H3,(H2,16,17);1H. The number of hydrogen-bond donors (Lipinski definition) is 1. The molecule has 0 radical (unpaired) electrons. The van der Waals surface area contributed by atoms with Crippen molar-refractivity contribution in [1.82, 2.24) is 14.3 Å². The number of morpholine rings is 1. The fourth-order valence-electron chi connectivity index (χ4n) is 2.52. The number of aliphatic imine (C=N–C) groups is 1. The molecule has 0 amide bonds. The molecule has 2 aromatic heterocycles. The lowest BCUT2D eigenvalue weighted by Gasteiger charge is -2.31. The van der Waals surface area contributed by atoms with E-state index in [0.29, 0.717) is 19.1 Å². The zero-order chi connectivity index (χ0) is 14.8. The number of aromatic nitrogens is 2. The largest absolute Gasteiger partial charge is 0.375 e. The second-order valence-corrected chi connectivity index (χ2v) is 5.51. The number of fused-ring (bicyclic) bond motifs is 1. The van der Waals surface area contributed by atoms with Gasteiger partial charge in [0.2, 0.25) is 0 Å². The van der Waals surface area contributed by atoms with E-state index in [-0.39, 0.29) is 30.1 Å². The van der Waals surface area contributed by atoms with Crippen molar-refractivity contribution in [2.75, 3.05) is 19.7 Å². The van der Waals surface area contributed by atoms with E-state index in [0.717, 1.165) is 24.4 Å². The molecule has 2 N–H and O–H groups in total. The molecule has 3 rings (SSSR count). The maximum atomic E-state index is 6.06. The molecule has 0 aromatic carbocycles. The average molecular weight is 415 g/mol. The number of hydrogen-bond acceptors (Lipinski definition) is 3. The number of rotatable bonds is 2. The van der Waals surface area contributed by atoms with Gasteiger partial charge in [-0.05, 0) is 25.5 Å². The predicted octanol–water partition coefficient (Wildman–Crippen LogP) is 1.80. The van der Waals surface area contributed by atoms with Crippen molar-refractivity contribution >= 4 is 35.6 Å². The Hall–Kier alpha value is -1.35. The van der Waals surface area contributed by atoms with Gasteiger partial charge >= 0.3 is 0 Å². The van der Waals surface area contributed by atoms with E-state index in [9.17, 15) is 0 Å². The summed E-state index contributed by atoms with van der Waals surface area (Å²) in [5, 5.41) is 0. The van der Waals surface area contributed by atoms with Crippen LogP contribution >= 0.6 is 24.0 Å². The second-order valence-electron chi connectivity index (χ2n) is 5.51. The Balaban J connectivity index is 0.00000176. The molecule has 1 fully saturated rings. The quantitative estimate of drug-likeness (QED) is 0.462. The molecule has 0 spiro atoms. The lowest BCUT2D eigenvalue weighted by molar-refractivity contribution is 0.00528. The Morgan fingerprint density at radius 3 is 3.05 bits per heavy atom. The van der Waals surface area contributed by atoms with Crippen LogP contribution in [0.4, 0.5) is 0 Å². The van der Waals surface area contributed by atoms with Crippen LogP contribution in [0, 0.1) is 6.92 Å². The van der Waals surface area contributed by atoms with Crippen molar-refractivity contribution in [3.8, 4) is 0 Å². The Kier molecular flexibility index (Phi) is 5.63. The number of ether oxygens (including phenoxy) is 1. The molecule has 120 valence electrons. The minimum Gasteiger partial charge on any atom is -0.375 e. The molecule has 0 saturated carbocycles. The Labute approximate surface area is 147 Å². The van der Waals surface area contributed by atoms with Crippen LogP contribution in [0.1, 0.15) is 18.2 Å². The Morgan fingerprint density at radius 1 is 1.45 bits per heavy atom. The molecular weight excluding hydrogens is 393 g/mol. The summed E-state index contributed by atoms with van der Waals surface area (Å²) in [5.74, 6) is 0.568. The van der Waals surface area contributed by atoms with Crippen LogP contribution in [0.3, 0.4) is 0 Å². The fourth-order valence-corrected chi connectivity index (χ4v) is 2.52. The zero-order valence-electron chi connectivity index (χ0n) is 12.9. The van der Waals surface area contributed by atoms with Crippen molar-refractivity contribution in [2.24, 2.45) is 10.7 Å². The van der Waals surface area contributed by atoms with E-state index in [1.165, 1.54) is 5.56 Å². The average Bonchev–Trinajstić information content (AvgIpc) is 2.86. The maximum Gasteiger partial charge on any atom is 0.191 e. The first-order valence-corrected chi connectivity index (χ1v) is 7.22. The van der Waals surface area contributed by atoms with Crippen molar-refractivity contribution in [1.29, 1.82) is 0 Å². The summed E-state index contributed by atoms with van der Waals surface area (Å²) in [6.45, 7) is 6.89. The van der Waals surface area contributed by atoms with Gasteiger partial charge in [-0.2, -0.15) is 0 Å². The Morgan fingerprint density at radius 2 is 2.27 bits per heavy atom. The topological polar surface area (TPSA) is 68.1 Å². The lowest BCUT2D eigenvalue weighted by atomic mass is 10.3. The van der Waals surface area contributed by atoms with Gasteiger partial charge in [0.15, 0.2) is 5.96 Å². The van der Waals surface area contributed by atoms with Crippen LogP contribution in [0.2, 0.25) is 0 Å². The molecular formula is C15H22IN5O. The van der Waals surface area contributed by atoms with Gasteiger partial charge in [-0.3, -0.25) is 0 Å². The third-order valence-corrected chi connectivity index (χ3v) is 3.62. The minimum atomic E-state index is 0. The highest BCUT2D eigenvalue weighted by molar-refractivity contribution is 14.0. The highest BCUT2D eigenvalue weighted by Gasteiger charge is 2.17. The number of imidazole rings is 1. The molecule has 0 aliphatic carbocycles. The lowest BCUT2D eigenvalue weighted by Crippen LogP contribution is -2.47. The number of aryl methyl sites for hydroxylation is 1. The summed E-state index contributed by atoms with van der Waals surface area (Å²) in [7, 11) is 0. The summed E-state index contributed by atoms with van der Waals surface area (Å²) in [6.07, 6.45) is 4.26. The first-order chi connectivity index (χ1) is 10.1. The highest BCUT2D eigenvalue weighted by Crippen LogP contribution is 2.09. The van der Waals surface area contributed by atoms with Crippen LogP contribution in [0.25, 0.3) is 5.65 Å². The van der Waals surface area contributed by atoms with Crippen molar-refractivity contribution < 1.29 is 4.74 Å². The predicted molar refractivity (Wildman–Crippen MR) is 97.7 cm³/mol. The van der Waals surface area contributed by atoms with E-state index in [2.05, 4.69) is 34.1 Å². The van der Waals surface area contributed by atoms with Crippen LogP contribution in [0.5, 0.6) is 0 Å². The molecule has 2 aromatic rings. The first kappa shape index (κ1) is 17.0. The van der Waals surface area contributed by atoms with Crippen molar-refractivity contribution in [3.05, 3.63) is 35.8 Å². The summed E-state index contributed by atoms with van der Waals surface area (Å²) in [5.41, 5.74) is 9.12. The molecule has 22 heavy (non-hydrogen) atoms. The molecule has 1 unspecified atom stereocenters. The minimum absolute atomic E-state index is 0. The van der Waals surface area contributed by atoms with Gasteiger partial charge in [0, 0.05) is 25.5 Å². The second kappa shape index (κ2) is 7.28. The van der Waals surface area contributed by atoms with Gasteiger partial charge in [0.05, 0.1) is 24.9 Å². The van der Waals surface area contributed by atoms with E-state index in [1.807, 2.05) is 23.6 Å². The van der Waals surface area contributed by atoms with E-state index >= 15 is 0 Å². The van der Waals surface area contributed by atoms with Gasteiger partial charge < -0.3 is 19.8 Å². The number of nitrogens with zero attached hydrogens (tertiary/aromatic N) is 4. The first-order valence-electron chi connectivity index (χ1n) is 7.22. The number of nitrogens with two attached hydrogens (primary N) is 1. The third-order valence-electron chi connectivity index (χ3n) is 3.62. The monoisotopic (exact) mass is 415 g/mol. The van der Waals surface area contributed by atoms with Gasteiger partial charge in [-0.1, -0.05) is 6.07 Å². The number of guanidine groups is 1. The normalized spacial score (nSPS) is 19.3. The van der Waals surface area contributed by atoms with Gasteiger partial charge in [-0.15, -0.1) is 24.0 Å². The molecule has 1 aliphatic heterocycles. The van der Waals surface area contributed by atoms with E-state index in [1.54, 1.807) is 0 Å². The van der Waals surface area contributed by atoms with E-state index < -0.39 is 0 Å². The Bertz CT molecular complexity index is 669. The molecule has 0 bridgehead atoms. The van der Waals surface area contributed by atoms with Gasteiger partial charge in [-0.25, -0.2) is 9.98 Å². The summed E-state index contributed by atoms with van der Waals surface area (Å²) >= 11 is 0. The maximum absolute atomic E-state index is 6.06. The smallest absolute Gasteiger partial charge is 0.191 e. The SMILES string of the molecule is Cc1ccc2nc(CN=C(N)N3CCOC(C)C3)cn2c1.I.